The van der Waals surface area contributed by atoms with Gasteiger partial charge < -0.3 is 4.90 Å². The summed E-state index contributed by atoms with van der Waals surface area (Å²) in [5.41, 5.74) is 0. The quantitative estimate of drug-likeness (QED) is 0.697. The van der Waals surface area contributed by atoms with E-state index >= 15 is 0 Å². The van der Waals surface area contributed by atoms with E-state index in [0.29, 0.717) is 12.0 Å². The number of alkyl halides is 1. The SMILES string of the molecule is CC(C)CN(C(=O)CCl)C1CCSC1. The number of amides is 1. The average molecular weight is 236 g/mol. The molecule has 1 fully saturated rings. The normalized spacial score (nSPS) is 21.6. The van der Waals surface area contributed by atoms with Gasteiger partial charge in [0.25, 0.3) is 0 Å². The highest BCUT2D eigenvalue weighted by Crippen LogP contribution is 2.23. The summed E-state index contributed by atoms with van der Waals surface area (Å²) in [6.45, 7) is 5.12. The van der Waals surface area contributed by atoms with Gasteiger partial charge in [0, 0.05) is 18.3 Å². The highest BCUT2D eigenvalue weighted by Gasteiger charge is 2.26. The van der Waals surface area contributed by atoms with Crippen LogP contribution in [0.15, 0.2) is 0 Å². The molecular formula is C10H18ClNOS. The molecule has 1 amide bonds. The molecular weight excluding hydrogens is 218 g/mol. The van der Waals surface area contributed by atoms with E-state index in [1.54, 1.807) is 0 Å². The molecule has 1 saturated heterocycles. The van der Waals surface area contributed by atoms with Crippen LogP contribution in [0.25, 0.3) is 0 Å². The topological polar surface area (TPSA) is 20.3 Å². The van der Waals surface area contributed by atoms with Crippen molar-refractivity contribution in [1.29, 1.82) is 0 Å². The van der Waals surface area contributed by atoms with Gasteiger partial charge in [0.15, 0.2) is 0 Å². The van der Waals surface area contributed by atoms with Gasteiger partial charge >= 0.3 is 0 Å². The number of carbonyl (C=O) groups is 1. The fourth-order valence-corrected chi connectivity index (χ4v) is 3.07. The average Bonchev–Trinajstić information content (AvgIpc) is 2.65. The minimum Gasteiger partial charge on any atom is -0.338 e. The number of hydrogen-bond acceptors (Lipinski definition) is 2. The fourth-order valence-electron chi connectivity index (χ4n) is 1.69. The summed E-state index contributed by atoms with van der Waals surface area (Å²) in [4.78, 5) is 13.6. The second-order valence-electron chi connectivity index (χ2n) is 4.09. The summed E-state index contributed by atoms with van der Waals surface area (Å²) >= 11 is 7.54. The summed E-state index contributed by atoms with van der Waals surface area (Å²) in [5, 5.41) is 0. The Morgan fingerprint density at radius 1 is 1.64 bits per heavy atom. The second-order valence-corrected chi connectivity index (χ2v) is 5.51. The van der Waals surface area contributed by atoms with Gasteiger partial charge in [-0.2, -0.15) is 11.8 Å². The van der Waals surface area contributed by atoms with Gasteiger partial charge in [-0.15, -0.1) is 11.6 Å². The number of rotatable bonds is 4. The highest BCUT2D eigenvalue weighted by molar-refractivity contribution is 7.99. The molecule has 1 aliphatic rings. The third-order valence-electron chi connectivity index (χ3n) is 2.34. The van der Waals surface area contributed by atoms with Gasteiger partial charge in [0.1, 0.15) is 5.88 Å². The maximum Gasteiger partial charge on any atom is 0.237 e. The van der Waals surface area contributed by atoms with E-state index < -0.39 is 0 Å². The first-order valence-corrected chi connectivity index (χ1v) is 6.77. The van der Waals surface area contributed by atoms with E-state index in [-0.39, 0.29) is 11.8 Å². The predicted octanol–water partition coefficient (Wildman–Crippen LogP) is 2.22. The molecule has 0 aromatic rings. The lowest BCUT2D eigenvalue weighted by molar-refractivity contribution is -0.130. The number of thioether (sulfide) groups is 1. The zero-order valence-electron chi connectivity index (χ0n) is 8.83. The Morgan fingerprint density at radius 2 is 2.36 bits per heavy atom. The van der Waals surface area contributed by atoms with Crippen LogP contribution in [0, 0.1) is 5.92 Å². The molecule has 0 aromatic carbocycles. The molecule has 0 bridgehead atoms. The van der Waals surface area contributed by atoms with Crippen LogP contribution in [-0.4, -0.2) is 40.8 Å². The number of halogens is 1. The Labute approximate surface area is 95.4 Å². The lowest BCUT2D eigenvalue weighted by atomic mass is 10.1. The van der Waals surface area contributed by atoms with Gasteiger partial charge in [-0.25, -0.2) is 0 Å². The van der Waals surface area contributed by atoms with Crippen LogP contribution in [0.1, 0.15) is 20.3 Å². The van der Waals surface area contributed by atoms with Crippen LogP contribution in [0.2, 0.25) is 0 Å². The largest absolute Gasteiger partial charge is 0.338 e. The van der Waals surface area contributed by atoms with E-state index in [4.69, 9.17) is 11.6 Å². The Bertz CT molecular complexity index is 193. The van der Waals surface area contributed by atoms with Gasteiger partial charge in [0.05, 0.1) is 0 Å². The van der Waals surface area contributed by atoms with Gasteiger partial charge in [0.2, 0.25) is 5.91 Å². The molecule has 0 N–H and O–H groups in total. The van der Waals surface area contributed by atoms with Crippen molar-refractivity contribution < 1.29 is 4.79 Å². The van der Waals surface area contributed by atoms with Crippen molar-refractivity contribution >= 4 is 29.3 Å². The van der Waals surface area contributed by atoms with Crippen LogP contribution in [-0.2, 0) is 4.79 Å². The molecule has 1 heterocycles. The molecule has 0 aliphatic carbocycles. The standard InChI is InChI=1S/C10H18ClNOS/c1-8(2)6-12(10(13)5-11)9-3-4-14-7-9/h8-9H,3-7H2,1-2H3. The van der Waals surface area contributed by atoms with Gasteiger partial charge in [-0.1, -0.05) is 13.8 Å². The monoisotopic (exact) mass is 235 g/mol. The molecule has 1 aliphatic heterocycles. The molecule has 0 radical (unpaired) electrons. The lowest BCUT2D eigenvalue weighted by Crippen LogP contribution is -2.43. The highest BCUT2D eigenvalue weighted by atomic mass is 35.5. The van der Waals surface area contributed by atoms with E-state index in [0.717, 1.165) is 18.7 Å². The first-order valence-electron chi connectivity index (χ1n) is 5.08. The summed E-state index contributed by atoms with van der Waals surface area (Å²) in [5.74, 6) is 2.98. The van der Waals surface area contributed by atoms with Crippen molar-refractivity contribution in [3.8, 4) is 0 Å². The van der Waals surface area contributed by atoms with Crippen molar-refractivity contribution in [3.63, 3.8) is 0 Å². The molecule has 14 heavy (non-hydrogen) atoms. The fraction of sp³-hybridized carbons (Fsp3) is 0.900. The molecule has 82 valence electrons. The summed E-state index contributed by atoms with van der Waals surface area (Å²) < 4.78 is 0. The molecule has 1 rings (SSSR count). The Hall–Kier alpha value is 0.110. The Kier molecular flexibility index (Phi) is 5.10. The molecule has 0 aromatic heterocycles. The van der Waals surface area contributed by atoms with E-state index in [9.17, 15) is 4.79 Å². The zero-order chi connectivity index (χ0) is 10.6. The first kappa shape index (κ1) is 12.2. The predicted molar refractivity (Wildman–Crippen MR) is 63.0 cm³/mol. The van der Waals surface area contributed by atoms with E-state index in [1.807, 2.05) is 16.7 Å². The van der Waals surface area contributed by atoms with Crippen molar-refractivity contribution in [3.05, 3.63) is 0 Å². The number of nitrogens with zero attached hydrogens (tertiary/aromatic N) is 1. The van der Waals surface area contributed by atoms with Crippen LogP contribution >= 0.6 is 23.4 Å². The van der Waals surface area contributed by atoms with Gasteiger partial charge in [-0.05, 0) is 18.1 Å². The Balaban J connectivity index is 2.55. The Morgan fingerprint density at radius 3 is 2.79 bits per heavy atom. The van der Waals surface area contributed by atoms with Crippen LogP contribution in [0.4, 0.5) is 0 Å². The van der Waals surface area contributed by atoms with Gasteiger partial charge in [-0.3, -0.25) is 4.79 Å². The molecule has 1 unspecified atom stereocenters. The van der Waals surface area contributed by atoms with Crippen molar-refractivity contribution in [2.75, 3.05) is 23.9 Å². The molecule has 4 heteroatoms. The van der Waals surface area contributed by atoms with Crippen LogP contribution in [0.3, 0.4) is 0 Å². The minimum absolute atomic E-state index is 0.0906. The van der Waals surface area contributed by atoms with Crippen molar-refractivity contribution in [1.82, 2.24) is 4.90 Å². The van der Waals surface area contributed by atoms with E-state index in [1.165, 1.54) is 5.75 Å². The first-order chi connectivity index (χ1) is 6.65. The second kappa shape index (κ2) is 5.86. The van der Waals surface area contributed by atoms with Crippen molar-refractivity contribution in [2.24, 2.45) is 5.92 Å². The molecule has 0 spiro atoms. The van der Waals surface area contributed by atoms with Crippen molar-refractivity contribution in [2.45, 2.75) is 26.3 Å². The zero-order valence-corrected chi connectivity index (χ0v) is 10.4. The number of carbonyl (C=O) groups excluding carboxylic acids is 1. The smallest absolute Gasteiger partial charge is 0.237 e. The minimum atomic E-state index is 0.0906. The summed E-state index contributed by atoms with van der Waals surface area (Å²) in [6, 6.07) is 0.425. The van der Waals surface area contributed by atoms with Crippen LogP contribution in [0.5, 0.6) is 0 Å². The summed E-state index contributed by atoms with van der Waals surface area (Å²) in [6.07, 6.45) is 1.13. The van der Waals surface area contributed by atoms with E-state index in [2.05, 4.69) is 13.8 Å². The summed E-state index contributed by atoms with van der Waals surface area (Å²) in [7, 11) is 0. The maximum absolute atomic E-state index is 11.6. The maximum atomic E-state index is 11.6. The number of hydrogen-bond donors (Lipinski definition) is 0. The van der Waals surface area contributed by atoms with Crippen LogP contribution < -0.4 is 0 Å². The molecule has 2 nitrogen and oxygen atoms in total. The lowest BCUT2D eigenvalue weighted by Gasteiger charge is -2.29. The third kappa shape index (κ3) is 3.35. The molecule has 1 atom stereocenters. The molecule has 0 saturated carbocycles. The third-order valence-corrected chi connectivity index (χ3v) is 3.72.